The predicted molar refractivity (Wildman–Crippen MR) is 131 cm³/mol. The minimum Gasteiger partial charge on any atom is -0.490 e. The quantitative estimate of drug-likeness (QED) is 0.230. The van der Waals surface area contributed by atoms with E-state index in [1.54, 1.807) is 6.21 Å². The first-order valence-corrected chi connectivity index (χ1v) is 11.6. The molecule has 3 aromatic rings. The number of hydrazone groups is 1. The number of hydrogen-bond donors (Lipinski definition) is 1. The van der Waals surface area contributed by atoms with Gasteiger partial charge >= 0.3 is 0 Å². The molecular formula is C25H25ClN2O3S. The van der Waals surface area contributed by atoms with Crippen LogP contribution in [0.1, 0.15) is 23.6 Å². The monoisotopic (exact) mass is 468 g/mol. The molecule has 0 fully saturated rings. The molecule has 3 rings (SSSR count). The molecule has 0 bridgehead atoms. The van der Waals surface area contributed by atoms with Gasteiger partial charge in [0.25, 0.3) is 0 Å². The molecular weight excluding hydrogens is 444 g/mol. The summed E-state index contributed by atoms with van der Waals surface area (Å²) < 4.78 is 11.6. The lowest BCUT2D eigenvalue weighted by atomic mass is 10.2. The number of aryl methyl sites for hydroxylation is 1. The summed E-state index contributed by atoms with van der Waals surface area (Å²) in [6, 6.07) is 21.1. The molecule has 0 aromatic heterocycles. The van der Waals surface area contributed by atoms with Crippen molar-refractivity contribution in [2.75, 3.05) is 12.4 Å². The highest BCUT2D eigenvalue weighted by Gasteiger charge is 2.07. The van der Waals surface area contributed by atoms with Gasteiger partial charge in [-0.05, 0) is 67.4 Å². The Hall–Kier alpha value is -2.96. The first kappa shape index (κ1) is 23.7. The third kappa shape index (κ3) is 7.62. The minimum atomic E-state index is -0.167. The van der Waals surface area contributed by atoms with Crippen molar-refractivity contribution in [2.45, 2.75) is 25.3 Å². The Labute approximate surface area is 197 Å². The molecule has 3 aromatic carbocycles. The summed E-state index contributed by atoms with van der Waals surface area (Å²) in [5.41, 5.74) is 5.55. The molecule has 0 aliphatic carbocycles. The third-order valence-electron chi connectivity index (χ3n) is 4.37. The molecule has 0 radical (unpaired) electrons. The minimum absolute atomic E-state index is 0.167. The molecule has 32 heavy (non-hydrogen) atoms. The molecule has 1 N–H and O–H groups in total. The number of nitrogens with zero attached hydrogens (tertiary/aromatic N) is 1. The maximum atomic E-state index is 12.0. The van der Waals surface area contributed by atoms with Gasteiger partial charge in [-0.25, -0.2) is 5.43 Å². The van der Waals surface area contributed by atoms with Crippen molar-refractivity contribution < 1.29 is 14.3 Å². The maximum absolute atomic E-state index is 12.0. The van der Waals surface area contributed by atoms with Gasteiger partial charge in [-0.15, -0.1) is 11.8 Å². The van der Waals surface area contributed by atoms with Crippen molar-refractivity contribution in [1.29, 1.82) is 0 Å². The van der Waals surface area contributed by atoms with Gasteiger partial charge in [0.15, 0.2) is 11.5 Å². The second-order valence-corrected chi connectivity index (χ2v) is 8.43. The standard InChI is InChI=1S/C25H25ClN2O3S/c1-3-30-24-14-20(8-13-23(24)31-16-19-6-9-21(26)10-7-19)15-27-28-25(29)17-32-22-11-4-18(2)5-12-22/h4-15H,3,16-17H2,1-2H3,(H,28,29)/b27-15-. The van der Waals surface area contributed by atoms with E-state index in [1.807, 2.05) is 80.6 Å². The van der Waals surface area contributed by atoms with E-state index in [0.717, 1.165) is 16.0 Å². The average Bonchev–Trinajstić information content (AvgIpc) is 2.79. The maximum Gasteiger partial charge on any atom is 0.250 e. The van der Waals surface area contributed by atoms with E-state index in [4.69, 9.17) is 21.1 Å². The lowest BCUT2D eigenvalue weighted by Gasteiger charge is -2.12. The molecule has 5 nitrogen and oxygen atoms in total. The normalized spacial score (nSPS) is 10.8. The zero-order valence-corrected chi connectivity index (χ0v) is 19.6. The summed E-state index contributed by atoms with van der Waals surface area (Å²) in [4.78, 5) is 13.1. The van der Waals surface area contributed by atoms with Crippen LogP contribution < -0.4 is 14.9 Å². The zero-order chi connectivity index (χ0) is 22.8. The second-order valence-electron chi connectivity index (χ2n) is 6.95. The number of nitrogens with one attached hydrogen (secondary N) is 1. The van der Waals surface area contributed by atoms with Gasteiger partial charge in [-0.2, -0.15) is 5.10 Å². The lowest BCUT2D eigenvalue weighted by molar-refractivity contribution is -0.118. The first-order chi connectivity index (χ1) is 15.5. The Morgan fingerprint density at radius 2 is 1.78 bits per heavy atom. The van der Waals surface area contributed by atoms with E-state index in [0.29, 0.717) is 35.5 Å². The molecule has 0 saturated heterocycles. The van der Waals surface area contributed by atoms with Crippen molar-refractivity contribution in [1.82, 2.24) is 5.43 Å². The molecule has 1 amide bonds. The van der Waals surface area contributed by atoms with Crippen LogP contribution in [0.15, 0.2) is 76.7 Å². The Morgan fingerprint density at radius 3 is 2.50 bits per heavy atom. The topological polar surface area (TPSA) is 59.9 Å². The highest BCUT2D eigenvalue weighted by atomic mass is 35.5. The average molecular weight is 469 g/mol. The second kappa shape index (κ2) is 12.2. The summed E-state index contributed by atoms with van der Waals surface area (Å²) in [5.74, 6) is 1.38. The van der Waals surface area contributed by atoms with E-state index in [2.05, 4.69) is 10.5 Å². The van der Waals surface area contributed by atoms with Crippen LogP contribution in [0.4, 0.5) is 0 Å². The van der Waals surface area contributed by atoms with E-state index in [1.165, 1.54) is 17.3 Å². The summed E-state index contributed by atoms with van der Waals surface area (Å²) in [7, 11) is 0. The Kier molecular flexibility index (Phi) is 9.01. The summed E-state index contributed by atoms with van der Waals surface area (Å²) in [5, 5.41) is 4.74. The Bertz CT molecular complexity index is 1050. The van der Waals surface area contributed by atoms with Crippen LogP contribution in [0.3, 0.4) is 0 Å². The number of benzene rings is 3. The van der Waals surface area contributed by atoms with Crippen LogP contribution in [0, 0.1) is 6.92 Å². The van der Waals surface area contributed by atoms with Crippen LogP contribution in [0.5, 0.6) is 11.5 Å². The Morgan fingerprint density at radius 1 is 1.03 bits per heavy atom. The number of carbonyl (C=O) groups is 1. The zero-order valence-electron chi connectivity index (χ0n) is 18.0. The molecule has 0 unspecified atom stereocenters. The van der Waals surface area contributed by atoms with Gasteiger partial charge < -0.3 is 9.47 Å². The third-order valence-corrected chi connectivity index (χ3v) is 5.63. The molecule has 0 saturated carbocycles. The van der Waals surface area contributed by atoms with E-state index in [9.17, 15) is 4.79 Å². The Balaban J connectivity index is 1.54. The fraction of sp³-hybridized carbons (Fsp3) is 0.200. The number of halogens is 1. The van der Waals surface area contributed by atoms with Crippen molar-refractivity contribution in [3.63, 3.8) is 0 Å². The summed E-state index contributed by atoms with van der Waals surface area (Å²) >= 11 is 7.39. The van der Waals surface area contributed by atoms with Gasteiger partial charge in [-0.3, -0.25) is 4.79 Å². The number of carbonyl (C=O) groups excluding carboxylic acids is 1. The molecule has 0 heterocycles. The van der Waals surface area contributed by atoms with Gasteiger partial charge in [0.2, 0.25) is 5.91 Å². The molecule has 0 spiro atoms. The number of hydrogen-bond acceptors (Lipinski definition) is 5. The van der Waals surface area contributed by atoms with Gasteiger partial charge in [0.05, 0.1) is 18.6 Å². The van der Waals surface area contributed by atoms with Crippen LogP contribution in [-0.2, 0) is 11.4 Å². The smallest absolute Gasteiger partial charge is 0.250 e. The van der Waals surface area contributed by atoms with Gasteiger partial charge in [0.1, 0.15) is 6.61 Å². The molecule has 7 heteroatoms. The predicted octanol–water partition coefficient (Wildman–Crippen LogP) is 5.87. The van der Waals surface area contributed by atoms with E-state index in [-0.39, 0.29) is 5.91 Å². The van der Waals surface area contributed by atoms with Crippen LogP contribution in [0.25, 0.3) is 0 Å². The van der Waals surface area contributed by atoms with Crippen LogP contribution >= 0.6 is 23.4 Å². The van der Waals surface area contributed by atoms with Gasteiger partial charge in [-0.1, -0.05) is 41.4 Å². The number of rotatable bonds is 10. The molecule has 0 atom stereocenters. The highest BCUT2D eigenvalue weighted by Crippen LogP contribution is 2.29. The largest absolute Gasteiger partial charge is 0.490 e. The summed E-state index contributed by atoms with van der Waals surface area (Å²) in [6.45, 7) is 4.85. The van der Waals surface area contributed by atoms with Crippen LogP contribution in [0.2, 0.25) is 5.02 Å². The van der Waals surface area contributed by atoms with E-state index >= 15 is 0 Å². The SMILES string of the molecule is CCOc1cc(/C=N\NC(=O)CSc2ccc(C)cc2)ccc1OCc1ccc(Cl)cc1. The fourth-order valence-corrected chi connectivity index (χ4v) is 3.55. The first-order valence-electron chi connectivity index (χ1n) is 10.2. The summed E-state index contributed by atoms with van der Waals surface area (Å²) in [6.07, 6.45) is 1.58. The fourth-order valence-electron chi connectivity index (χ4n) is 2.73. The van der Waals surface area contributed by atoms with Crippen LogP contribution in [-0.4, -0.2) is 24.5 Å². The molecule has 166 valence electrons. The van der Waals surface area contributed by atoms with E-state index < -0.39 is 0 Å². The van der Waals surface area contributed by atoms with Crippen molar-refractivity contribution in [2.24, 2.45) is 5.10 Å². The number of thioether (sulfide) groups is 1. The van der Waals surface area contributed by atoms with Crippen molar-refractivity contribution in [3.05, 3.63) is 88.4 Å². The molecule has 0 aliphatic rings. The highest BCUT2D eigenvalue weighted by molar-refractivity contribution is 8.00. The lowest BCUT2D eigenvalue weighted by Crippen LogP contribution is -2.19. The van der Waals surface area contributed by atoms with Crippen molar-refractivity contribution in [3.8, 4) is 11.5 Å². The van der Waals surface area contributed by atoms with Gasteiger partial charge in [0, 0.05) is 9.92 Å². The van der Waals surface area contributed by atoms with Crippen molar-refractivity contribution >= 4 is 35.5 Å². The number of amides is 1. The molecule has 0 aliphatic heterocycles. The number of ether oxygens (including phenoxy) is 2.